The van der Waals surface area contributed by atoms with Gasteiger partial charge in [0.2, 0.25) is 5.67 Å². The first-order valence-corrected chi connectivity index (χ1v) is 5.86. The quantitative estimate of drug-likeness (QED) is 0.549. The molecule has 4 bridgehead atoms. The maximum Gasteiger partial charge on any atom is 0.336 e. The van der Waals surface area contributed by atoms with Crippen LogP contribution in [0.15, 0.2) is 0 Å². The average molecular weight is 388 g/mol. The van der Waals surface area contributed by atoms with E-state index in [-0.39, 0.29) is 0 Å². The van der Waals surface area contributed by atoms with E-state index in [9.17, 15) is 61.5 Å². The van der Waals surface area contributed by atoms with Crippen molar-refractivity contribution in [2.45, 2.75) is 58.7 Å². The summed E-state index contributed by atoms with van der Waals surface area (Å²) in [6, 6.07) is 0. The molecule has 0 radical (unpaired) electrons. The van der Waals surface area contributed by atoms with E-state index in [1.807, 2.05) is 0 Å². The summed E-state index contributed by atoms with van der Waals surface area (Å²) in [4.78, 5) is 0. The molecule has 0 amide bonds. The van der Waals surface area contributed by atoms with Crippen molar-refractivity contribution in [2.75, 3.05) is 0 Å². The molecule has 4 aliphatic rings. The van der Waals surface area contributed by atoms with Crippen LogP contribution in [-0.4, -0.2) is 58.7 Å². The molecule has 0 spiro atoms. The van der Waals surface area contributed by atoms with E-state index in [0.717, 1.165) is 0 Å². The number of hydrogen-bond donors (Lipinski definition) is 0. The summed E-state index contributed by atoms with van der Waals surface area (Å²) < 4.78 is 192. The van der Waals surface area contributed by atoms with Crippen molar-refractivity contribution < 1.29 is 61.5 Å². The van der Waals surface area contributed by atoms with Crippen molar-refractivity contribution in [1.29, 1.82) is 0 Å². The molecular formula is C10H2F14. The maximum absolute atomic E-state index is 14.0. The second kappa shape index (κ2) is 3.46. The van der Waals surface area contributed by atoms with Crippen LogP contribution in [-0.2, 0) is 0 Å². The first-order chi connectivity index (χ1) is 10.3. The fourth-order valence-corrected chi connectivity index (χ4v) is 3.68. The second-order valence-corrected chi connectivity index (χ2v) is 5.87. The summed E-state index contributed by atoms with van der Waals surface area (Å²) in [5.41, 5.74) is -27.3. The summed E-state index contributed by atoms with van der Waals surface area (Å²) in [5, 5.41) is 0. The molecule has 4 saturated carbocycles. The molecule has 14 heteroatoms. The predicted molar refractivity (Wildman–Crippen MR) is 44.9 cm³/mol. The Morgan fingerprint density at radius 2 is 0.708 bits per heavy atom. The van der Waals surface area contributed by atoms with Crippen LogP contribution in [0.25, 0.3) is 0 Å². The van der Waals surface area contributed by atoms with Crippen LogP contribution in [0.4, 0.5) is 61.5 Å². The average Bonchev–Trinajstić information content (AvgIpc) is 2.45. The van der Waals surface area contributed by atoms with Crippen molar-refractivity contribution in [1.82, 2.24) is 0 Å². The Kier molecular flexibility index (Phi) is 2.57. The van der Waals surface area contributed by atoms with Gasteiger partial charge in [0.1, 0.15) is 0 Å². The van der Waals surface area contributed by atoms with Gasteiger partial charge in [0.05, 0.1) is 0 Å². The van der Waals surface area contributed by atoms with Crippen LogP contribution in [0, 0.1) is 0 Å². The van der Waals surface area contributed by atoms with Crippen molar-refractivity contribution in [3.05, 3.63) is 0 Å². The molecule has 4 aliphatic carbocycles. The molecule has 140 valence electrons. The Morgan fingerprint density at radius 3 is 1.00 bits per heavy atom. The summed E-state index contributed by atoms with van der Waals surface area (Å²) in [7, 11) is 0. The highest BCUT2D eigenvalue weighted by atomic mass is 19.3. The molecule has 0 aromatic heterocycles. The Bertz CT molecular complexity index is 585. The van der Waals surface area contributed by atoms with Crippen molar-refractivity contribution in [3.63, 3.8) is 0 Å². The second-order valence-electron chi connectivity index (χ2n) is 5.87. The normalized spacial score (nSPS) is 58.8. The van der Waals surface area contributed by atoms with Crippen molar-refractivity contribution >= 4 is 0 Å². The minimum atomic E-state index is -7.32. The Morgan fingerprint density at radius 1 is 0.417 bits per heavy atom. The minimum Gasteiger partial charge on any atom is -0.239 e. The molecule has 4 fully saturated rings. The van der Waals surface area contributed by atoms with Gasteiger partial charge < -0.3 is 0 Å². The molecule has 0 heterocycles. The SMILES string of the molecule is FC1C2(F)C(F)[C@]3(F)C(F)(F)C(F)(C2(F)F)C(F)(F)[C@@]1(F)C3(F)F. The van der Waals surface area contributed by atoms with E-state index in [1.165, 1.54) is 0 Å². The smallest absolute Gasteiger partial charge is 0.239 e. The monoisotopic (exact) mass is 388 g/mol. The topological polar surface area (TPSA) is 0 Å². The third kappa shape index (κ3) is 0.933. The molecule has 0 aromatic rings. The van der Waals surface area contributed by atoms with Gasteiger partial charge in [-0.15, -0.1) is 0 Å². The lowest BCUT2D eigenvalue weighted by Gasteiger charge is -2.71. The van der Waals surface area contributed by atoms with Crippen LogP contribution >= 0.6 is 0 Å². The summed E-state index contributed by atoms with van der Waals surface area (Å²) in [5.74, 6) is -28.8. The highest BCUT2D eigenvalue weighted by molar-refractivity contribution is 5.50. The van der Waals surface area contributed by atoms with E-state index in [1.54, 1.807) is 0 Å². The molecule has 0 nitrogen and oxygen atoms in total. The van der Waals surface area contributed by atoms with Crippen LogP contribution in [0.2, 0.25) is 0 Å². The molecule has 4 unspecified atom stereocenters. The molecule has 4 rings (SSSR count). The number of rotatable bonds is 0. The highest BCUT2D eigenvalue weighted by Gasteiger charge is 3.16. The van der Waals surface area contributed by atoms with Gasteiger partial charge in [0, 0.05) is 0 Å². The zero-order valence-electron chi connectivity index (χ0n) is 10.4. The molecule has 0 N–H and O–H groups in total. The number of alkyl halides is 14. The largest absolute Gasteiger partial charge is 0.336 e. The van der Waals surface area contributed by atoms with E-state index in [2.05, 4.69) is 0 Å². The van der Waals surface area contributed by atoms with Crippen LogP contribution in [0.1, 0.15) is 0 Å². The molecule has 0 aliphatic heterocycles. The van der Waals surface area contributed by atoms with Gasteiger partial charge in [0.25, 0.3) is 11.3 Å². The summed E-state index contributed by atoms with van der Waals surface area (Å²) in [6.07, 6.45) is -11.1. The van der Waals surface area contributed by atoms with Crippen molar-refractivity contribution in [2.24, 2.45) is 0 Å². The van der Waals surface area contributed by atoms with Gasteiger partial charge in [-0.1, -0.05) is 0 Å². The first-order valence-electron chi connectivity index (χ1n) is 5.86. The summed E-state index contributed by atoms with van der Waals surface area (Å²) in [6.45, 7) is 0. The number of halogens is 14. The molecule has 6 atom stereocenters. The third-order valence-corrected chi connectivity index (χ3v) is 5.04. The molecule has 0 aromatic carbocycles. The van der Waals surface area contributed by atoms with E-state index in [0.29, 0.717) is 0 Å². The zero-order chi connectivity index (χ0) is 19.2. The lowest BCUT2D eigenvalue weighted by atomic mass is 9.42. The Balaban J connectivity index is 2.59. The molecular weight excluding hydrogens is 386 g/mol. The predicted octanol–water partition coefficient (Wildman–Crippen LogP) is 4.08. The number of hydrogen-bond acceptors (Lipinski definition) is 0. The highest BCUT2D eigenvalue weighted by Crippen LogP contribution is 2.83. The van der Waals surface area contributed by atoms with Crippen LogP contribution in [0.3, 0.4) is 0 Å². The fourth-order valence-electron chi connectivity index (χ4n) is 3.68. The third-order valence-electron chi connectivity index (χ3n) is 5.04. The van der Waals surface area contributed by atoms with Crippen molar-refractivity contribution in [3.8, 4) is 0 Å². The van der Waals surface area contributed by atoms with Gasteiger partial charge in [-0.2, -0.15) is 35.1 Å². The van der Waals surface area contributed by atoms with Gasteiger partial charge in [-0.25, -0.2) is 26.3 Å². The maximum atomic E-state index is 14.0. The summed E-state index contributed by atoms with van der Waals surface area (Å²) >= 11 is 0. The standard InChI is InChI=1S/C10H2F14/c11-1-3(13)2(12)5(15)8(19,20)4(1,14)9(21,22)6(16,7(3,17)18)10(5,23)24/h1-2H/t1?,2?,3?,4-,5+,6?. The fraction of sp³-hybridized carbons (Fsp3) is 1.00. The molecule has 0 saturated heterocycles. The van der Waals surface area contributed by atoms with Gasteiger partial charge in [0.15, 0.2) is 12.3 Å². The lowest BCUT2D eigenvalue weighted by Crippen LogP contribution is -3.04. The lowest BCUT2D eigenvalue weighted by molar-refractivity contribution is -0.551. The Labute approximate surface area is 121 Å². The van der Waals surface area contributed by atoms with Crippen LogP contribution < -0.4 is 0 Å². The van der Waals surface area contributed by atoms with Gasteiger partial charge in [-0.3, -0.25) is 0 Å². The Hall–Kier alpha value is -0.980. The molecule has 24 heavy (non-hydrogen) atoms. The van der Waals surface area contributed by atoms with E-state index >= 15 is 0 Å². The van der Waals surface area contributed by atoms with Gasteiger partial charge >= 0.3 is 29.4 Å². The zero-order valence-corrected chi connectivity index (χ0v) is 10.4. The van der Waals surface area contributed by atoms with E-state index in [4.69, 9.17) is 0 Å². The van der Waals surface area contributed by atoms with E-state index < -0.39 is 58.7 Å². The van der Waals surface area contributed by atoms with Crippen LogP contribution in [0.5, 0.6) is 0 Å². The minimum absolute atomic E-state index is 5.55. The van der Waals surface area contributed by atoms with Gasteiger partial charge in [-0.05, 0) is 0 Å². The first kappa shape index (κ1) is 17.8.